The Morgan fingerprint density at radius 1 is 0.917 bits per heavy atom. The van der Waals surface area contributed by atoms with Gasteiger partial charge in [0.15, 0.2) is 0 Å². The molecule has 4 heteroatoms. The average Bonchev–Trinajstić information content (AvgIpc) is 2.67. The van der Waals surface area contributed by atoms with Gasteiger partial charge in [0.2, 0.25) is 0 Å². The van der Waals surface area contributed by atoms with Crippen molar-refractivity contribution in [3.05, 3.63) is 66.2 Å². The van der Waals surface area contributed by atoms with Gasteiger partial charge in [0, 0.05) is 45.0 Å². The van der Waals surface area contributed by atoms with Crippen LogP contribution in [0.15, 0.2) is 60.7 Å². The minimum Gasteiger partial charge on any atom is -0.368 e. The zero-order valence-corrected chi connectivity index (χ0v) is 14.3. The zero-order valence-electron chi connectivity index (χ0n) is 14.3. The van der Waals surface area contributed by atoms with E-state index in [1.54, 1.807) is 0 Å². The summed E-state index contributed by atoms with van der Waals surface area (Å²) in [5, 5.41) is 0. The van der Waals surface area contributed by atoms with Gasteiger partial charge < -0.3 is 14.7 Å². The van der Waals surface area contributed by atoms with Crippen molar-refractivity contribution in [1.29, 1.82) is 0 Å². The first-order valence-electron chi connectivity index (χ1n) is 8.65. The Morgan fingerprint density at radius 3 is 2.08 bits per heavy atom. The lowest BCUT2D eigenvalue weighted by Crippen LogP contribution is -2.52. The summed E-state index contributed by atoms with van der Waals surface area (Å²) in [7, 11) is 0. The van der Waals surface area contributed by atoms with Gasteiger partial charge in [0.05, 0.1) is 0 Å². The van der Waals surface area contributed by atoms with Gasteiger partial charge in [-0.1, -0.05) is 48.5 Å². The molecular weight excluding hydrogens is 298 g/mol. The van der Waals surface area contributed by atoms with Gasteiger partial charge in [0.1, 0.15) is 0 Å². The number of hydrogen-bond donors (Lipinski definition) is 0. The lowest BCUT2D eigenvalue weighted by atomic mass is 10.2. The number of benzene rings is 2. The van der Waals surface area contributed by atoms with Crippen molar-refractivity contribution < 1.29 is 4.79 Å². The normalized spacial score (nSPS) is 14.5. The summed E-state index contributed by atoms with van der Waals surface area (Å²) in [6.45, 7) is 6.78. The van der Waals surface area contributed by atoms with Crippen LogP contribution in [0.25, 0.3) is 0 Å². The van der Waals surface area contributed by atoms with Crippen LogP contribution in [0.5, 0.6) is 0 Å². The van der Waals surface area contributed by atoms with E-state index in [0.717, 1.165) is 32.7 Å². The molecule has 0 saturated carbocycles. The van der Waals surface area contributed by atoms with Crippen molar-refractivity contribution in [3.63, 3.8) is 0 Å². The fourth-order valence-corrected chi connectivity index (χ4v) is 3.11. The molecule has 2 amide bonds. The lowest BCUT2D eigenvalue weighted by molar-refractivity contribution is 0.149. The Hall–Kier alpha value is -2.49. The smallest absolute Gasteiger partial charge is 0.320 e. The van der Waals surface area contributed by atoms with Crippen LogP contribution in [-0.2, 0) is 6.54 Å². The van der Waals surface area contributed by atoms with Crippen molar-refractivity contribution in [1.82, 2.24) is 9.80 Å². The Balaban J connectivity index is 1.57. The van der Waals surface area contributed by atoms with E-state index >= 15 is 0 Å². The fraction of sp³-hybridized carbons (Fsp3) is 0.350. The van der Waals surface area contributed by atoms with Gasteiger partial charge in [-0.2, -0.15) is 0 Å². The fourth-order valence-electron chi connectivity index (χ4n) is 3.11. The maximum atomic E-state index is 12.8. The minimum absolute atomic E-state index is 0.147. The van der Waals surface area contributed by atoms with Crippen LogP contribution in [-0.4, -0.2) is 48.6 Å². The summed E-state index contributed by atoms with van der Waals surface area (Å²) in [6, 6.07) is 20.8. The number of carbonyl (C=O) groups excluding carboxylic acids is 1. The third-order valence-corrected chi connectivity index (χ3v) is 4.54. The van der Waals surface area contributed by atoms with Crippen molar-refractivity contribution in [3.8, 4) is 0 Å². The number of rotatable bonds is 4. The molecule has 0 radical (unpaired) electrons. The molecule has 1 fully saturated rings. The topological polar surface area (TPSA) is 26.8 Å². The van der Waals surface area contributed by atoms with Gasteiger partial charge in [-0.25, -0.2) is 4.79 Å². The van der Waals surface area contributed by atoms with E-state index in [2.05, 4.69) is 41.3 Å². The van der Waals surface area contributed by atoms with E-state index < -0.39 is 0 Å². The third kappa shape index (κ3) is 3.88. The number of hydrogen-bond acceptors (Lipinski definition) is 2. The van der Waals surface area contributed by atoms with Gasteiger partial charge >= 0.3 is 6.03 Å². The number of urea groups is 1. The molecule has 2 aromatic carbocycles. The molecule has 1 aliphatic heterocycles. The molecule has 0 atom stereocenters. The monoisotopic (exact) mass is 323 g/mol. The van der Waals surface area contributed by atoms with Crippen molar-refractivity contribution in [2.24, 2.45) is 0 Å². The molecule has 0 aromatic heterocycles. The molecule has 4 nitrogen and oxygen atoms in total. The second-order valence-corrected chi connectivity index (χ2v) is 6.09. The first-order chi connectivity index (χ1) is 11.8. The lowest BCUT2D eigenvalue weighted by Gasteiger charge is -2.38. The van der Waals surface area contributed by atoms with E-state index in [1.165, 1.54) is 11.3 Å². The minimum atomic E-state index is 0.147. The second kappa shape index (κ2) is 7.86. The summed E-state index contributed by atoms with van der Waals surface area (Å²) < 4.78 is 0. The molecule has 24 heavy (non-hydrogen) atoms. The third-order valence-electron chi connectivity index (χ3n) is 4.54. The molecule has 0 bridgehead atoms. The quantitative estimate of drug-likeness (QED) is 0.861. The number of nitrogens with zero attached hydrogens (tertiary/aromatic N) is 3. The summed E-state index contributed by atoms with van der Waals surface area (Å²) in [5.41, 5.74) is 2.41. The molecule has 0 N–H and O–H groups in total. The molecule has 0 spiro atoms. The van der Waals surface area contributed by atoms with Crippen LogP contribution in [0.4, 0.5) is 10.5 Å². The highest BCUT2D eigenvalue weighted by Crippen LogP contribution is 2.17. The van der Waals surface area contributed by atoms with Crippen LogP contribution < -0.4 is 4.90 Å². The number of carbonyl (C=O) groups is 1. The summed E-state index contributed by atoms with van der Waals surface area (Å²) in [4.78, 5) is 19.1. The number of piperazine rings is 1. The SMILES string of the molecule is CCN(Cc1ccccc1)C(=O)N1CCN(c2ccccc2)CC1. The van der Waals surface area contributed by atoms with Crippen molar-refractivity contribution in [2.75, 3.05) is 37.6 Å². The molecule has 1 saturated heterocycles. The van der Waals surface area contributed by atoms with E-state index in [1.807, 2.05) is 41.0 Å². The van der Waals surface area contributed by atoms with E-state index in [0.29, 0.717) is 6.54 Å². The predicted octanol–water partition coefficient (Wildman–Crippen LogP) is 3.45. The molecule has 0 aliphatic carbocycles. The first kappa shape index (κ1) is 16.4. The molecule has 1 heterocycles. The number of anilines is 1. The van der Waals surface area contributed by atoms with Gasteiger partial charge in [-0.3, -0.25) is 0 Å². The van der Waals surface area contributed by atoms with Crippen LogP contribution >= 0.6 is 0 Å². The highest BCUT2D eigenvalue weighted by atomic mass is 16.2. The molecule has 2 aromatic rings. The van der Waals surface area contributed by atoms with Crippen LogP contribution in [0.3, 0.4) is 0 Å². The van der Waals surface area contributed by atoms with Crippen molar-refractivity contribution in [2.45, 2.75) is 13.5 Å². The summed E-state index contributed by atoms with van der Waals surface area (Å²) >= 11 is 0. The number of amides is 2. The standard InChI is InChI=1S/C20H25N3O/c1-2-21(17-18-9-5-3-6-10-18)20(24)23-15-13-22(14-16-23)19-11-7-4-8-12-19/h3-12H,2,13-17H2,1H3. The molecule has 126 valence electrons. The maximum absolute atomic E-state index is 12.8. The maximum Gasteiger partial charge on any atom is 0.320 e. The predicted molar refractivity (Wildman–Crippen MR) is 98.2 cm³/mol. The Morgan fingerprint density at radius 2 is 1.50 bits per heavy atom. The van der Waals surface area contributed by atoms with Gasteiger partial charge in [-0.05, 0) is 24.6 Å². The Bertz CT molecular complexity index is 636. The van der Waals surface area contributed by atoms with Gasteiger partial charge in [0.25, 0.3) is 0 Å². The highest BCUT2D eigenvalue weighted by Gasteiger charge is 2.24. The Labute approximate surface area is 144 Å². The Kier molecular flexibility index (Phi) is 5.36. The zero-order chi connectivity index (χ0) is 16.8. The van der Waals surface area contributed by atoms with Crippen LogP contribution in [0.2, 0.25) is 0 Å². The van der Waals surface area contributed by atoms with Crippen LogP contribution in [0.1, 0.15) is 12.5 Å². The van der Waals surface area contributed by atoms with E-state index in [-0.39, 0.29) is 6.03 Å². The largest absolute Gasteiger partial charge is 0.368 e. The highest BCUT2D eigenvalue weighted by molar-refractivity contribution is 5.75. The first-order valence-corrected chi connectivity index (χ1v) is 8.65. The average molecular weight is 323 g/mol. The summed E-state index contributed by atoms with van der Waals surface area (Å²) in [6.07, 6.45) is 0. The van der Waals surface area contributed by atoms with E-state index in [4.69, 9.17) is 0 Å². The second-order valence-electron chi connectivity index (χ2n) is 6.09. The number of para-hydroxylation sites is 1. The summed E-state index contributed by atoms with van der Waals surface area (Å²) in [5.74, 6) is 0. The molecule has 3 rings (SSSR count). The van der Waals surface area contributed by atoms with Crippen molar-refractivity contribution >= 4 is 11.7 Å². The molecule has 1 aliphatic rings. The molecule has 0 unspecified atom stereocenters. The van der Waals surface area contributed by atoms with Crippen LogP contribution in [0, 0.1) is 0 Å². The van der Waals surface area contributed by atoms with Gasteiger partial charge in [-0.15, -0.1) is 0 Å². The molecular formula is C20H25N3O. The van der Waals surface area contributed by atoms with E-state index in [9.17, 15) is 4.79 Å².